The molecule has 1 aliphatic heterocycles. The van der Waals surface area contributed by atoms with Crippen LogP contribution in [0.1, 0.15) is 55.5 Å². The summed E-state index contributed by atoms with van der Waals surface area (Å²) in [5, 5.41) is 33.4. The maximum atomic E-state index is 12.4. The molecule has 3 rings (SSSR count). The van der Waals surface area contributed by atoms with Gasteiger partial charge in [-0.15, -0.1) is 0 Å². The highest BCUT2D eigenvalue weighted by Gasteiger charge is 2.22. The summed E-state index contributed by atoms with van der Waals surface area (Å²) in [7, 11) is 0. The number of carboxylic acid groups (broad SMARTS) is 1. The first-order valence-electron chi connectivity index (χ1n) is 11.1. The third-order valence-corrected chi connectivity index (χ3v) is 5.57. The SMILES string of the molecule is CC(=O)N1CCC(CCC(=NO)c2cc(NC(=O)c3ccccc3)ccc2O)CC1.CC(=O)O. The highest BCUT2D eigenvalue weighted by molar-refractivity contribution is 6.06. The number of piperidine rings is 1. The van der Waals surface area contributed by atoms with E-state index in [0.717, 1.165) is 39.3 Å². The number of hydrogen-bond acceptors (Lipinski definition) is 6. The molecule has 0 saturated carbocycles. The van der Waals surface area contributed by atoms with Crippen molar-refractivity contribution in [2.75, 3.05) is 18.4 Å². The number of nitrogens with one attached hydrogen (secondary N) is 1. The molecule has 0 spiro atoms. The zero-order chi connectivity index (χ0) is 25.1. The van der Waals surface area contributed by atoms with Crippen LogP contribution in [0.5, 0.6) is 5.75 Å². The van der Waals surface area contributed by atoms with E-state index in [4.69, 9.17) is 9.90 Å². The zero-order valence-corrected chi connectivity index (χ0v) is 19.4. The van der Waals surface area contributed by atoms with Gasteiger partial charge in [0.05, 0.1) is 5.71 Å². The quantitative estimate of drug-likeness (QED) is 0.219. The number of anilines is 1. The van der Waals surface area contributed by atoms with E-state index >= 15 is 0 Å². The van der Waals surface area contributed by atoms with Crippen LogP contribution in [-0.2, 0) is 9.59 Å². The number of benzene rings is 2. The Bertz CT molecular complexity index is 1010. The van der Waals surface area contributed by atoms with E-state index in [2.05, 4.69) is 10.5 Å². The van der Waals surface area contributed by atoms with Crippen molar-refractivity contribution in [1.29, 1.82) is 0 Å². The lowest BCUT2D eigenvalue weighted by molar-refractivity contribution is -0.134. The van der Waals surface area contributed by atoms with Crippen molar-refractivity contribution in [3.05, 3.63) is 59.7 Å². The van der Waals surface area contributed by atoms with Crippen molar-refractivity contribution in [2.45, 2.75) is 39.5 Å². The van der Waals surface area contributed by atoms with Gasteiger partial charge in [0, 0.05) is 43.8 Å². The van der Waals surface area contributed by atoms with Gasteiger partial charge in [-0.05, 0) is 61.9 Å². The Morgan fingerprint density at radius 3 is 2.24 bits per heavy atom. The number of oxime groups is 1. The first kappa shape index (κ1) is 26.4. The van der Waals surface area contributed by atoms with Crippen LogP contribution in [0.15, 0.2) is 53.7 Å². The van der Waals surface area contributed by atoms with Crippen LogP contribution in [0, 0.1) is 5.92 Å². The summed E-state index contributed by atoms with van der Waals surface area (Å²) < 4.78 is 0. The fourth-order valence-corrected chi connectivity index (χ4v) is 3.75. The topological polar surface area (TPSA) is 140 Å². The molecule has 0 atom stereocenters. The first-order valence-corrected chi connectivity index (χ1v) is 11.1. The van der Waals surface area contributed by atoms with Crippen molar-refractivity contribution >= 4 is 29.2 Å². The molecular formula is C25H31N3O6. The molecule has 9 heteroatoms. The summed E-state index contributed by atoms with van der Waals surface area (Å²) in [6, 6.07) is 13.5. The van der Waals surface area contributed by atoms with Gasteiger partial charge in [-0.25, -0.2) is 0 Å². The summed E-state index contributed by atoms with van der Waals surface area (Å²) in [5.41, 5.74) is 1.80. The van der Waals surface area contributed by atoms with Gasteiger partial charge in [0.15, 0.2) is 0 Å². The Morgan fingerprint density at radius 1 is 1.06 bits per heavy atom. The zero-order valence-electron chi connectivity index (χ0n) is 19.4. The van der Waals surface area contributed by atoms with E-state index in [1.807, 2.05) is 11.0 Å². The minimum Gasteiger partial charge on any atom is -0.507 e. The molecule has 182 valence electrons. The summed E-state index contributed by atoms with van der Waals surface area (Å²) >= 11 is 0. The average molecular weight is 470 g/mol. The molecule has 2 aromatic rings. The number of carbonyl (C=O) groups excluding carboxylic acids is 2. The van der Waals surface area contributed by atoms with Gasteiger partial charge in [-0.1, -0.05) is 23.4 Å². The number of aliphatic carboxylic acids is 1. The number of carboxylic acids is 1. The standard InChI is InChI=1S/C23H27N3O4.C2H4O2/c1-16(27)26-13-11-17(12-14-26)7-9-21(25-30)20-15-19(8-10-22(20)28)24-23(29)18-5-3-2-4-6-18;1-2(3)4/h2-6,8,10,15,17,28,30H,7,9,11-14H2,1H3,(H,24,29);1H3,(H,3,4). The third kappa shape index (κ3) is 8.23. The largest absolute Gasteiger partial charge is 0.507 e. The Morgan fingerprint density at radius 2 is 1.68 bits per heavy atom. The lowest BCUT2D eigenvalue weighted by Crippen LogP contribution is -2.37. The van der Waals surface area contributed by atoms with Gasteiger partial charge in [0.2, 0.25) is 5.91 Å². The molecule has 0 unspecified atom stereocenters. The van der Waals surface area contributed by atoms with Crippen molar-refractivity contribution < 1.29 is 29.8 Å². The number of aromatic hydroxyl groups is 1. The fourth-order valence-electron chi connectivity index (χ4n) is 3.75. The van der Waals surface area contributed by atoms with Crippen molar-refractivity contribution in [3.63, 3.8) is 0 Å². The lowest BCUT2D eigenvalue weighted by Gasteiger charge is -2.31. The summed E-state index contributed by atoms with van der Waals surface area (Å²) in [6.07, 6.45) is 3.12. The van der Waals surface area contributed by atoms with Gasteiger partial charge < -0.3 is 25.6 Å². The fraction of sp³-hybridized carbons (Fsp3) is 0.360. The number of likely N-dealkylation sites (tertiary alicyclic amines) is 1. The molecule has 0 radical (unpaired) electrons. The molecule has 1 heterocycles. The van der Waals surface area contributed by atoms with Gasteiger partial charge in [-0.3, -0.25) is 14.4 Å². The van der Waals surface area contributed by atoms with Crippen LogP contribution < -0.4 is 5.32 Å². The predicted octanol–water partition coefficient (Wildman–Crippen LogP) is 3.95. The van der Waals surface area contributed by atoms with Gasteiger partial charge in [0.25, 0.3) is 11.9 Å². The third-order valence-electron chi connectivity index (χ3n) is 5.57. The lowest BCUT2D eigenvalue weighted by atomic mass is 9.90. The second-order valence-electron chi connectivity index (χ2n) is 8.11. The average Bonchev–Trinajstić information content (AvgIpc) is 2.81. The van der Waals surface area contributed by atoms with E-state index in [9.17, 15) is 19.9 Å². The number of hydrogen-bond donors (Lipinski definition) is 4. The van der Waals surface area contributed by atoms with Crippen LogP contribution >= 0.6 is 0 Å². The van der Waals surface area contributed by atoms with E-state index in [1.54, 1.807) is 43.3 Å². The predicted molar refractivity (Wildman–Crippen MR) is 128 cm³/mol. The van der Waals surface area contributed by atoms with Crippen LogP contribution in [0.2, 0.25) is 0 Å². The maximum absolute atomic E-state index is 12.4. The molecule has 0 aromatic heterocycles. The molecule has 0 aliphatic carbocycles. The van der Waals surface area contributed by atoms with Crippen molar-refractivity contribution in [1.82, 2.24) is 4.90 Å². The number of carbonyl (C=O) groups is 3. The molecular weight excluding hydrogens is 438 g/mol. The molecule has 34 heavy (non-hydrogen) atoms. The van der Waals surface area contributed by atoms with E-state index in [1.165, 1.54) is 6.07 Å². The van der Waals surface area contributed by atoms with E-state index < -0.39 is 5.97 Å². The number of amides is 2. The van der Waals surface area contributed by atoms with Crippen LogP contribution in [0.3, 0.4) is 0 Å². The number of nitrogens with zero attached hydrogens (tertiary/aromatic N) is 2. The number of rotatable bonds is 6. The van der Waals surface area contributed by atoms with Crippen LogP contribution in [0.4, 0.5) is 5.69 Å². The second kappa shape index (κ2) is 13.0. The molecule has 2 aromatic carbocycles. The Labute approximate surface area is 198 Å². The maximum Gasteiger partial charge on any atom is 0.300 e. The molecule has 9 nitrogen and oxygen atoms in total. The first-order chi connectivity index (χ1) is 16.2. The van der Waals surface area contributed by atoms with Crippen LogP contribution in [0.25, 0.3) is 0 Å². The molecule has 1 fully saturated rings. The highest BCUT2D eigenvalue weighted by Crippen LogP contribution is 2.27. The molecule has 4 N–H and O–H groups in total. The van der Waals surface area contributed by atoms with Gasteiger partial charge in [0.1, 0.15) is 5.75 Å². The summed E-state index contributed by atoms with van der Waals surface area (Å²) in [5.74, 6) is -0.565. The Hall–Kier alpha value is -3.88. The van der Waals surface area contributed by atoms with Gasteiger partial charge in [-0.2, -0.15) is 0 Å². The normalized spacial score (nSPS) is 14.1. The smallest absolute Gasteiger partial charge is 0.300 e. The minimum atomic E-state index is -0.833. The molecule has 1 aliphatic rings. The highest BCUT2D eigenvalue weighted by atomic mass is 16.4. The minimum absolute atomic E-state index is 0.00749. The van der Waals surface area contributed by atoms with Crippen LogP contribution in [-0.4, -0.2) is 56.9 Å². The van der Waals surface area contributed by atoms with Crippen molar-refractivity contribution in [3.8, 4) is 5.75 Å². The summed E-state index contributed by atoms with van der Waals surface area (Å²) in [6.45, 7) is 4.17. The second-order valence-corrected chi connectivity index (χ2v) is 8.11. The van der Waals surface area contributed by atoms with E-state index in [-0.39, 0.29) is 17.6 Å². The molecule has 2 amide bonds. The monoisotopic (exact) mass is 469 g/mol. The molecule has 1 saturated heterocycles. The summed E-state index contributed by atoms with van der Waals surface area (Å²) in [4.78, 5) is 34.7. The Balaban J connectivity index is 0.000000945. The number of phenols is 1. The molecule has 0 bridgehead atoms. The Kier molecular flexibility index (Phi) is 10.1. The number of phenolic OH excluding ortho intramolecular Hbond substituents is 1. The van der Waals surface area contributed by atoms with Gasteiger partial charge >= 0.3 is 0 Å². The van der Waals surface area contributed by atoms with Crippen molar-refractivity contribution in [2.24, 2.45) is 11.1 Å². The van der Waals surface area contributed by atoms with E-state index in [0.29, 0.717) is 34.9 Å².